The lowest BCUT2D eigenvalue weighted by Crippen LogP contribution is -2.42. The maximum atomic E-state index is 12.9. The number of methoxy groups -OCH3 is 1. The Hall–Kier alpha value is -1.14. The molecule has 2 atom stereocenters. The lowest BCUT2D eigenvalue weighted by Gasteiger charge is -2.38. The molecular weight excluding hydrogens is 634 g/mol. The van der Waals surface area contributed by atoms with E-state index in [-0.39, 0.29) is 18.0 Å². The molecule has 302 valence electrons. The van der Waals surface area contributed by atoms with Crippen molar-refractivity contribution < 1.29 is 23.8 Å². The second kappa shape index (κ2) is 35.9. The fourth-order valence-corrected chi connectivity index (χ4v) is 7.93. The van der Waals surface area contributed by atoms with Crippen LogP contribution in [-0.4, -0.2) is 62.9 Å². The zero-order chi connectivity index (χ0) is 37.0. The molecule has 6 nitrogen and oxygen atoms in total. The number of hydrogen-bond acceptors (Lipinski definition) is 6. The molecule has 0 saturated carbocycles. The molecule has 1 aliphatic rings. The molecule has 51 heavy (non-hydrogen) atoms. The summed E-state index contributed by atoms with van der Waals surface area (Å²) in [6.45, 7) is 11.2. The summed E-state index contributed by atoms with van der Waals surface area (Å²) in [6, 6.07) is 0. The van der Waals surface area contributed by atoms with Crippen LogP contribution in [0.3, 0.4) is 0 Å². The Kier molecular flexibility index (Phi) is 33.7. The van der Waals surface area contributed by atoms with Gasteiger partial charge in [-0.1, -0.05) is 156 Å². The van der Waals surface area contributed by atoms with Crippen molar-refractivity contribution in [1.82, 2.24) is 4.90 Å². The third-order valence-electron chi connectivity index (χ3n) is 11.3. The van der Waals surface area contributed by atoms with Gasteiger partial charge in [0, 0.05) is 33.0 Å². The molecule has 1 fully saturated rings. The van der Waals surface area contributed by atoms with E-state index in [4.69, 9.17) is 14.2 Å². The van der Waals surface area contributed by atoms with Crippen molar-refractivity contribution in [2.45, 2.75) is 226 Å². The molecule has 1 rings (SSSR count). The number of ether oxygens (including phenoxy) is 3. The minimum atomic E-state index is -0.0212. The molecule has 0 spiro atoms. The first-order valence-electron chi connectivity index (χ1n) is 22.6. The number of carbonyl (C=O) groups is 2. The second-order valence-corrected chi connectivity index (χ2v) is 16.0. The zero-order valence-corrected chi connectivity index (χ0v) is 34.7. The van der Waals surface area contributed by atoms with Crippen LogP contribution >= 0.6 is 0 Å². The summed E-state index contributed by atoms with van der Waals surface area (Å²) < 4.78 is 17.1. The average Bonchev–Trinajstić information content (AvgIpc) is 3.13. The minimum absolute atomic E-state index is 0.0159. The van der Waals surface area contributed by atoms with E-state index in [1.54, 1.807) is 7.11 Å². The van der Waals surface area contributed by atoms with Gasteiger partial charge in [0.1, 0.15) is 6.10 Å². The maximum absolute atomic E-state index is 12.9. The number of nitrogens with zero attached hydrogens (tertiary/aromatic N) is 1. The molecule has 0 aliphatic carbocycles. The summed E-state index contributed by atoms with van der Waals surface area (Å²) in [6.07, 6.45) is 36.5. The predicted octanol–water partition coefficient (Wildman–Crippen LogP) is 12.8. The fraction of sp³-hybridized carbons (Fsp3) is 0.956. The van der Waals surface area contributed by atoms with Gasteiger partial charge in [0.15, 0.2) is 0 Å². The first-order valence-corrected chi connectivity index (χ1v) is 22.6. The van der Waals surface area contributed by atoms with Gasteiger partial charge >= 0.3 is 11.9 Å². The van der Waals surface area contributed by atoms with Crippen LogP contribution in [0.1, 0.15) is 220 Å². The monoisotopic (exact) mass is 722 g/mol. The van der Waals surface area contributed by atoms with Crippen molar-refractivity contribution in [3.05, 3.63) is 0 Å². The van der Waals surface area contributed by atoms with Crippen molar-refractivity contribution >= 4 is 11.9 Å². The molecule has 1 saturated heterocycles. The summed E-state index contributed by atoms with van der Waals surface area (Å²) in [5.41, 5.74) is 0. The van der Waals surface area contributed by atoms with Gasteiger partial charge in [-0.25, -0.2) is 0 Å². The van der Waals surface area contributed by atoms with E-state index in [1.807, 2.05) is 0 Å². The summed E-state index contributed by atoms with van der Waals surface area (Å²) >= 11 is 0. The van der Waals surface area contributed by atoms with Crippen molar-refractivity contribution in [3.8, 4) is 0 Å². The van der Waals surface area contributed by atoms with Crippen molar-refractivity contribution in [1.29, 1.82) is 0 Å². The lowest BCUT2D eigenvalue weighted by molar-refractivity contribution is -0.150. The highest BCUT2D eigenvalue weighted by Gasteiger charge is 2.29. The van der Waals surface area contributed by atoms with Crippen LogP contribution in [0.25, 0.3) is 0 Å². The Labute approximate surface area is 317 Å². The summed E-state index contributed by atoms with van der Waals surface area (Å²) in [4.78, 5) is 28.1. The average molecular weight is 722 g/mol. The van der Waals surface area contributed by atoms with E-state index in [9.17, 15) is 9.59 Å². The number of hydrogen-bond donors (Lipinski definition) is 0. The zero-order valence-electron chi connectivity index (χ0n) is 34.7. The predicted molar refractivity (Wildman–Crippen MR) is 216 cm³/mol. The second-order valence-electron chi connectivity index (χ2n) is 16.0. The summed E-state index contributed by atoms with van der Waals surface area (Å²) in [7, 11) is 1.77. The van der Waals surface area contributed by atoms with E-state index in [0.29, 0.717) is 31.3 Å². The highest BCUT2D eigenvalue weighted by Crippen LogP contribution is 2.32. The van der Waals surface area contributed by atoms with E-state index in [2.05, 4.69) is 25.7 Å². The number of likely N-dealkylation sites (tertiary alicyclic amines) is 1. The van der Waals surface area contributed by atoms with Gasteiger partial charge in [0.25, 0.3) is 0 Å². The molecule has 0 bridgehead atoms. The molecule has 0 aromatic heterocycles. The maximum Gasteiger partial charge on any atom is 0.306 e. The first kappa shape index (κ1) is 47.9. The molecule has 1 heterocycles. The van der Waals surface area contributed by atoms with Crippen molar-refractivity contribution in [2.75, 3.05) is 40.0 Å². The van der Waals surface area contributed by atoms with E-state index < -0.39 is 0 Å². The topological polar surface area (TPSA) is 65.1 Å². The Morgan fingerprint density at radius 1 is 0.569 bits per heavy atom. The van der Waals surface area contributed by atoms with Crippen molar-refractivity contribution in [2.24, 2.45) is 11.8 Å². The van der Waals surface area contributed by atoms with Crippen LogP contribution in [0.5, 0.6) is 0 Å². The largest absolute Gasteiger partial charge is 0.466 e. The smallest absolute Gasteiger partial charge is 0.306 e. The molecule has 0 radical (unpaired) electrons. The Morgan fingerprint density at radius 3 is 1.67 bits per heavy atom. The molecular formula is C45H87NO5. The quantitative estimate of drug-likeness (QED) is 0.0470. The highest BCUT2D eigenvalue weighted by atomic mass is 16.5. The van der Waals surface area contributed by atoms with Gasteiger partial charge in [0.05, 0.1) is 13.2 Å². The molecule has 0 N–H and O–H groups in total. The molecule has 0 aromatic carbocycles. The van der Waals surface area contributed by atoms with E-state index >= 15 is 0 Å². The van der Waals surface area contributed by atoms with Gasteiger partial charge in [0.2, 0.25) is 0 Å². The molecule has 2 unspecified atom stereocenters. The molecule has 1 aliphatic heterocycles. The van der Waals surface area contributed by atoms with Gasteiger partial charge in [-0.3, -0.25) is 9.59 Å². The lowest BCUT2D eigenvalue weighted by atomic mass is 9.79. The van der Waals surface area contributed by atoms with Gasteiger partial charge in [-0.2, -0.15) is 0 Å². The standard InChI is InChI=1S/C45H87NO5/c1-5-8-11-14-17-18-19-22-28-38-50-44(47)34-33-42-40-46(37-39-49-4)36-35-41(42)29-24-23-27-32-45(48)51-43(30-25-20-15-12-9-6-2)31-26-21-16-13-10-7-3/h41-43H,5-40H2,1-4H3. The van der Waals surface area contributed by atoms with Crippen LogP contribution in [0.2, 0.25) is 0 Å². The van der Waals surface area contributed by atoms with Crippen LogP contribution in [0.4, 0.5) is 0 Å². The van der Waals surface area contributed by atoms with Crippen molar-refractivity contribution in [3.63, 3.8) is 0 Å². The van der Waals surface area contributed by atoms with Crippen LogP contribution in [-0.2, 0) is 23.8 Å². The third-order valence-corrected chi connectivity index (χ3v) is 11.3. The highest BCUT2D eigenvalue weighted by molar-refractivity contribution is 5.69. The number of rotatable bonds is 37. The van der Waals surface area contributed by atoms with Gasteiger partial charge in [-0.05, 0) is 69.7 Å². The third kappa shape index (κ3) is 29.0. The van der Waals surface area contributed by atoms with Gasteiger partial charge in [-0.15, -0.1) is 0 Å². The van der Waals surface area contributed by atoms with Crippen LogP contribution in [0.15, 0.2) is 0 Å². The number of esters is 2. The Balaban J connectivity index is 2.38. The molecule has 0 aromatic rings. The van der Waals surface area contributed by atoms with Crippen LogP contribution < -0.4 is 0 Å². The number of carbonyl (C=O) groups excluding carboxylic acids is 2. The molecule has 6 heteroatoms. The fourth-order valence-electron chi connectivity index (χ4n) is 7.93. The minimum Gasteiger partial charge on any atom is -0.466 e. The first-order chi connectivity index (χ1) is 25.0. The summed E-state index contributed by atoms with van der Waals surface area (Å²) in [5, 5.41) is 0. The van der Waals surface area contributed by atoms with Crippen LogP contribution in [0, 0.1) is 11.8 Å². The van der Waals surface area contributed by atoms with E-state index in [1.165, 1.54) is 135 Å². The normalized spacial score (nSPS) is 16.6. The number of unbranched alkanes of at least 4 members (excludes halogenated alkanes) is 20. The Morgan fingerprint density at radius 2 is 1.10 bits per heavy atom. The summed E-state index contributed by atoms with van der Waals surface area (Å²) in [5.74, 6) is 1.15. The SMILES string of the molecule is CCCCCCCCCCCOC(=O)CCC1CN(CCOC)CCC1CCCCCC(=O)OC(CCCCCCCC)CCCCCCCC. The van der Waals surface area contributed by atoms with E-state index in [0.717, 1.165) is 77.6 Å². The Bertz CT molecular complexity index is 760. The number of piperidine rings is 1. The molecule has 0 amide bonds. The van der Waals surface area contributed by atoms with Gasteiger partial charge < -0.3 is 19.1 Å².